The minimum atomic E-state index is 0.540. The number of hydrogen-bond acceptors (Lipinski definition) is 6. The molecule has 1 aliphatic rings. The van der Waals surface area contributed by atoms with E-state index in [0.717, 1.165) is 39.3 Å². The van der Waals surface area contributed by atoms with Gasteiger partial charge < -0.3 is 9.15 Å². The van der Waals surface area contributed by atoms with Crippen LogP contribution in [0, 0.1) is 6.92 Å². The molecule has 102 valence electrons. The minimum Gasteiger partial charge on any atom is -0.424 e. The van der Waals surface area contributed by atoms with Crippen LogP contribution in [0.4, 0.5) is 0 Å². The van der Waals surface area contributed by atoms with E-state index in [1.54, 1.807) is 7.11 Å². The van der Waals surface area contributed by atoms with Crippen molar-refractivity contribution >= 4 is 0 Å². The topological polar surface area (TPSA) is 54.6 Å². The lowest BCUT2D eigenvalue weighted by Gasteiger charge is -2.39. The molecule has 2 rings (SSSR count). The van der Waals surface area contributed by atoms with Crippen LogP contribution in [0.5, 0.6) is 0 Å². The third-order valence-electron chi connectivity index (χ3n) is 3.36. The van der Waals surface area contributed by atoms with Gasteiger partial charge in [-0.1, -0.05) is 0 Å². The fourth-order valence-electron chi connectivity index (χ4n) is 2.35. The number of aryl methyl sites for hydroxylation is 1. The van der Waals surface area contributed by atoms with Crippen LogP contribution in [0.1, 0.15) is 18.7 Å². The molecule has 1 aliphatic heterocycles. The second kappa shape index (κ2) is 6.26. The molecular weight excluding hydrogens is 232 g/mol. The Hall–Kier alpha value is -0.980. The first-order valence-corrected chi connectivity index (χ1v) is 6.43. The van der Waals surface area contributed by atoms with Crippen LogP contribution in [0.3, 0.4) is 0 Å². The molecule has 0 spiro atoms. The maximum Gasteiger partial charge on any atom is 0.230 e. The molecule has 1 aromatic heterocycles. The lowest BCUT2D eigenvalue weighted by molar-refractivity contribution is 0.0520. The van der Waals surface area contributed by atoms with Crippen LogP contribution < -0.4 is 0 Å². The summed E-state index contributed by atoms with van der Waals surface area (Å²) in [6.07, 6.45) is 0. The first-order valence-electron chi connectivity index (χ1n) is 6.43. The maximum absolute atomic E-state index is 5.42. The van der Waals surface area contributed by atoms with E-state index in [1.165, 1.54) is 0 Å². The summed E-state index contributed by atoms with van der Waals surface area (Å²) in [5.41, 5.74) is 0. The Morgan fingerprint density at radius 3 is 2.83 bits per heavy atom. The van der Waals surface area contributed by atoms with Gasteiger partial charge in [0.05, 0.1) is 13.2 Å². The average molecular weight is 254 g/mol. The summed E-state index contributed by atoms with van der Waals surface area (Å²) >= 11 is 0. The lowest BCUT2D eigenvalue weighted by atomic mass is 10.2. The quantitative estimate of drug-likeness (QED) is 0.764. The molecule has 0 aliphatic carbocycles. The number of aromatic nitrogens is 2. The van der Waals surface area contributed by atoms with E-state index < -0.39 is 0 Å². The Morgan fingerprint density at radius 1 is 1.39 bits per heavy atom. The number of methoxy groups -OCH3 is 1. The SMILES string of the molecule is COCCN1CCN(Cc2nnc(C)o2)C[C@@H]1C. The van der Waals surface area contributed by atoms with Crippen LogP contribution >= 0.6 is 0 Å². The number of piperazine rings is 1. The third kappa shape index (κ3) is 3.51. The van der Waals surface area contributed by atoms with Crippen molar-refractivity contribution in [1.29, 1.82) is 0 Å². The van der Waals surface area contributed by atoms with E-state index in [-0.39, 0.29) is 0 Å². The Morgan fingerprint density at radius 2 is 2.22 bits per heavy atom. The molecule has 0 radical (unpaired) electrons. The van der Waals surface area contributed by atoms with Gasteiger partial charge in [0.15, 0.2) is 0 Å². The van der Waals surface area contributed by atoms with Gasteiger partial charge in [-0.15, -0.1) is 10.2 Å². The molecule has 2 heterocycles. The average Bonchev–Trinajstić information content (AvgIpc) is 2.74. The van der Waals surface area contributed by atoms with Crippen molar-refractivity contribution in [1.82, 2.24) is 20.0 Å². The van der Waals surface area contributed by atoms with Crippen molar-refractivity contribution in [2.24, 2.45) is 0 Å². The highest BCUT2D eigenvalue weighted by atomic mass is 16.5. The Balaban J connectivity index is 1.80. The van der Waals surface area contributed by atoms with E-state index in [0.29, 0.717) is 17.8 Å². The number of rotatable bonds is 5. The zero-order chi connectivity index (χ0) is 13.0. The van der Waals surface area contributed by atoms with Gasteiger partial charge in [0.2, 0.25) is 11.8 Å². The number of ether oxygens (including phenoxy) is 1. The smallest absolute Gasteiger partial charge is 0.230 e. The molecule has 0 saturated carbocycles. The van der Waals surface area contributed by atoms with Crippen LogP contribution in [0.2, 0.25) is 0 Å². The summed E-state index contributed by atoms with van der Waals surface area (Å²) in [6, 6.07) is 0.540. The molecule has 6 heteroatoms. The highest BCUT2D eigenvalue weighted by Crippen LogP contribution is 2.12. The third-order valence-corrected chi connectivity index (χ3v) is 3.36. The first kappa shape index (κ1) is 13.5. The molecule has 6 nitrogen and oxygen atoms in total. The summed E-state index contributed by atoms with van der Waals surface area (Å²) < 4.78 is 10.5. The van der Waals surface area contributed by atoms with Crippen molar-refractivity contribution < 1.29 is 9.15 Å². The zero-order valence-corrected chi connectivity index (χ0v) is 11.4. The van der Waals surface area contributed by atoms with Gasteiger partial charge in [0.1, 0.15) is 0 Å². The van der Waals surface area contributed by atoms with Gasteiger partial charge >= 0.3 is 0 Å². The Kier molecular flexibility index (Phi) is 4.68. The molecule has 18 heavy (non-hydrogen) atoms. The second-order valence-electron chi connectivity index (χ2n) is 4.83. The predicted molar refractivity (Wildman–Crippen MR) is 67.2 cm³/mol. The fourth-order valence-corrected chi connectivity index (χ4v) is 2.35. The molecule has 0 amide bonds. The molecule has 1 aromatic rings. The summed E-state index contributed by atoms with van der Waals surface area (Å²) in [4.78, 5) is 4.82. The van der Waals surface area contributed by atoms with Gasteiger partial charge in [0, 0.05) is 46.3 Å². The molecule has 1 atom stereocenters. The summed E-state index contributed by atoms with van der Waals surface area (Å²) in [6.45, 7) is 9.77. The Bertz CT molecular complexity index is 369. The van der Waals surface area contributed by atoms with Gasteiger partial charge in [0.25, 0.3) is 0 Å². The van der Waals surface area contributed by atoms with E-state index in [1.807, 2.05) is 6.92 Å². The molecule has 0 aromatic carbocycles. The minimum absolute atomic E-state index is 0.540. The maximum atomic E-state index is 5.42. The largest absolute Gasteiger partial charge is 0.424 e. The van der Waals surface area contributed by atoms with Crippen molar-refractivity contribution in [3.8, 4) is 0 Å². The van der Waals surface area contributed by atoms with E-state index in [9.17, 15) is 0 Å². The first-order chi connectivity index (χ1) is 8.69. The monoisotopic (exact) mass is 254 g/mol. The van der Waals surface area contributed by atoms with Crippen LogP contribution in [0.25, 0.3) is 0 Å². The Labute approximate surface area is 108 Å². The van der Waals surface area contributed by atoms with Gasteiger partial charge in [-0.2, -0.15) is 0 Å². The van der Waals surface area contributed by atoms with Crippen molar-refractivity contribution in [2.75, 3.05) is 39.9 Å². The molecule has 1 fully saturated rings. The molecule has 0 N–H and O–H groups in total. The standard InChI is InChI=1S/C12H22N4O2/c1-10-8-15(4-5-16(10)6-7-17-3)9-12-14-13-11(2)18-12/h10H,4-9H2,1-3H3/t10-/m0/s1. The highest BCUT2D eigenvalue weighted by Gasteiger charge is 2.24. The molecular formula is C12H22N4O2. The summed E-state index contributed by atoms with van der Waals surface area (Å²) in [5.74, 6) is 1.35. The predicted octanol–water partition coefficient (Wildman–Crippen LogP) is 0.531. The van der Waals surface area contributed by atoms with Gasteiger partial charge in [-0.25, -0.2) is 0 Å². The van der Waals surface area contributed by atoms with Crippen LogP contribution in [-0.4, -0.2) is 65.9 Å². The highest BCUT2D eigenvalue weighted by molar-refractivity contribution is 4.84. The van der Waals surface area contributed by atoms with E-state index >= 15 is 0 Å². The number of hydrogen-bond donors (Lipinski definition) is 0. The van der Waals surface area contributed by atoms with Crippen LogP contribution in [0.15, 0.2) is 4.42 Å². The zero-order valence-electron chi connectivity index (χ0n) is 11.4. The molecule has 0 bridgehead atoms. The van der Waals surface area contributed by atoms with Crippen molar-refractivity contribution in [2.45, 2.75) is 26.4 Å². The number of nitrogens with zero attached hydrogens (tertiary/aromatic N) is 4. The van der Waals surface area contributed by atoms with E-state index in [4.69, 9.17) is 9.15 Å². The van der Waals surface area contributed by atoms with Crippen molar-refractivity contribution in [3.05, 3.63) is 11.8 Å². The van der Waals surface area contributed by atoms with E-state index in [2.05, 4.69) is 26.9 Å². The van der Waals surface area contributed by atoms with Crippen molar-refractivity contribution in [3.63, 3.8) is 0 Å². The fraction of sp³-hybridized carbons (Fsp3) is 0.833. The normalized spacial score (nSPS) is 22.5. The van der Waals surface area contributed by atoms with Crippen LogP contribution in [-0.2, 0) is 11.3 Å². The second-order valence-corrected chi connectivity index (χ2v) is 4.83. The molecule has 1 saturated heterocycles. The van der Waals surface area contributed by atoms with Gasteiger partial charge in [-0.3, -0.25) is 9.80 Å². The molecule has 0 unspecified atom stereocenters. The summed E-state index contributed by atoms with van der Waals surface area (Å²) in [7, 11) is 1.75. The summed E-state index contributed by atoms with van der Waals surface area (Å²) in [5, 5.41) is 7.90. The lowest BCUT2D eigenvalue weighted by Crippen LogP contribution is -2.52. The van der Waals surface area contributed by atoms with Gasteiger partial charge in [-0.05, 0) is 6.92 Å².